The van der Waals surface area contributed by atoms with Crippen LogP contribution >= 0.6 is 0 Å². The van der Waals surface area contributed by atoms with E-state index in [1.807, 2.05) is 20.8 Å². The van der Waals surface area contributed by atoms with E-state index in [-0.39, 0.29) is 29.3 Å². The molecule has 6 nitrogen and oxygen atoms in total. The molecule has 0 aromatic carbocycles. The Hall–Kier alpha value is -1.21. The number of Topliss-reactive ketones (excluding diaryl/α,β-unsaturated/α-hetero) is 1. The first-order valence-corrected chi connectivity index (χ1v) is 9.88. The highest BCUT2D eigenvalue weighted by molar-refractivity contribution is 7.93. The van der Waals surface area contributed by atoms with Gasteiger partial charge in [-0.25, -0.2) is 8.42 Å². The number of rotatable bonds is 6. The Kier molecular flexibility index (Phi) is 5.25. The number of ketones is 1. The normalized spacial score (nSPS) is 19.6. The van der Waals surface area contributed by atoms with Gasteiger partial charge in [0.15, 0.2) is 15.6 Å². The summed E-state index contributed by atoms with van der Waals surface area (Å²) in [4.78, 5) is 12.6. The van der Waals surface area contributed by atoms with E-state index in [1.54, 1.807) is 6.07 Å². The van der Waals surface area contributed by atoms with Crippen LogP contribution in [0.4, 0.5) is 0 Å². The van der Waals surface area contributed by atoms with Crippen molar-refractivity contribution in [2.24, 2.45) is 5.92 Å². The van der Waals surface area contributed by atoms with Gasteiger partial charge in [0, 0.05) is 18.1 Å². The Labute approximate surface area is 143 Å². The van der Waals surface area contributed by atoms with E-state index < -0.39 is 14.6 Å². The summed E-state index contributed by atoms with van der Waals surface area (Å²) in [6.07, 6.45) is 0.650. The van der Waals surface area contributed by atoms with Gasteiger partial charge in [-0.3, -0.25) is 4.79 Å². The van der Waals surface area contributed by atoms with Crippen LogP contribution in [-0.4, -0.2) is 43.1 Å². The maximum absolute atomic E-state index is 12.7. The zero-order valence-corrected chi connectivity index (χ0v) is 15.9. The zero-order chi connectivity index (χ0) is 18.2. The van der Waals surface area contributed by atoms with Crippen molar-refractivity contribution >= 4 is 15.6 Å². The predicted octanol–water partition coefficient (Wildman–Crippen LogP) is 2.31. The summed E-state index contributed by atoms with van der Waals surface area (Å²) in [5.41, 5.74) is 0.559. The molecule has 1 aliphatic rings. The van der Waals surface area contributed by atoms with E-state index in [0.29, 0.717) is 19.0 Å². The van der Waals surface area contributed by atoms with E-state index in [0.717, 1.165) is 12.1 Å². The lowest BCUT2D eigenvalue weighted by Crippen LogP contribution is -2.44. The van der Waals surface area contributed by atoms with Crippen LogP contribution in [0.25, 0.3) is 0 Å². The second-order valence-electron chi connectivity index (χ2n) is 8.05. The molecule has 0 aliphatic carbocycles. The van der Waals surface area contributed by atoms with Crippen LogP contribution in [-0.2, 0) is 31.2 Å². The van der Waals surface area contributed by atoms with Gasteiger partial charge in [-0.2, -0.15) is 0 Å². The van der Waals surface area contributed by atoms with Crippen molar-refractivity contribution in [3.63, 3.8) is 0 Å². The lowest BCUT2D eigenvalue weighted by atomic mass is 9.92. The van der Waals surface area contributed by atoms with Crippen LogP contribution in [0.3, 0.4) is 0 Å². The quantitative estimate of drug-likeness (QED) is 0.776. The Bertz CT molecular complexity index is 691. The van der Waals surface area contributed by atoms with Crippen LogP contribution in [0.2, 0.25) is 0 Å². The van der Waals surface area contributed by atoms with Gasteiger partial charge in [0.25, 0.3) is 0 Å². The van der Waals surface area contributed by atoms with Gasteiger partial charge < -0.3 is 9.26 Å². The number of hydrogen-bond acceptors (Lipinski definition) is 6. The first-order valence-electron chi connectivity index (χ1n) is 8.23. The molecule has 1 aromatic rings. The molecule has 0 spiro atoms. The monoisotopic (exact) mass is 357 g/mol. The van der Waals surface area contributed by atoms with Gasteiger partial charge in [-0.1, -0.05) is 25.9 Å². The number of sulfone groups is 1. The molecule has 2 heterocycles. The maximum atomic E-state index is 12.7. The van der Waals surface area contributed by atoms with Gasteiger partial charge in [0.1, 0.15) is 10.5 Å². The third kappa shape index (κ3) is 4.06. The predicted molar refractivity (Wildman–Crippen MR) is 90.7 cm³/mol. The number of carbonyl (C=O) groups is 1. The first-order chi connectivity index (χ1) is 10.9. The van der Waals surface area contributed by atoms with Gasteiger partial charge in [-0.05, 0) is 26.2 Å². The lowest BCUT2D eigenvalue weighted by molar-refractivity contribution is -0.120. The molecule has 1 saturated heterocycles. The summed E-state index contributed by atoms with van der Waals surface area (Å²) in [5.74, 6) is -0.0228. The number of carbonyl (C=O) groups excluding carboxylic acids is 1. The summed E-state index contributed by atoms with van der Waals surface area (Å²) >= 11 is 0. The van der Waals surface area contributed by atoms with Gasteiger partial charge in [-0.15, -0.1) is 0 Å². The summed E-state index contributed by atoms with van der Waals surface area (Å²) in [7, 11) is -3.58. The lowest BCUT2D eigenvalue weighted by Gasteiger charge is -2.24. The molecule has 1 unspecified atom stereocenters. The molecule has 0 bridgehead atoms. The number of aromatic nitrogens is 1. The largest absolute Gasteiger partial charge is 0.381 e. The minimum atomic E-state index is -3.58. The molecule has 1 fully saturated rings. The van der Waals surface area contributed by atoms with E-state index in [1.165, 1.54) is 13.8 Å². The fourth-order valence-corrected chi connectivity index (χ4v) is 4.25. The Morgan fingerprint density at radius 2 is 1.96 bits per heavy atom. The molecular formula is C17H27NO5S. The number of hydrogen-bond donors (Lipinski definition) is 0. The number of nitrogens with zero attached hydrogens (tertiary/aromatic N) is 1. The molecule has 0 saturated carbocycles. The SMILES string of the molecule is CC(C)(C)c1cc(CC(=O)C(C)(C)S(=O)(=O)CC2CCOC2)on1. The summed E-state index contributed by atoms with van der Waals surface area (Å²) in [6, 6.07) is 1.73. The van der Waals surface area contributed by atoms with E-state index in [9.17, 15) is 13.2 Å². The molecular weight excluding hydrogens is 330 g/mol. The van der Waals surface area contributed by atoms with Crippen molar-refractivity contribution in [1.29, 1.82) is 0 Å². The minimum Gasteiger partial charge on any atom is -0.381 e. The summed E-state index contributed by atoms with van der Waals surface area (Å²) in [6.45, 7) is 9.96. The fraction of sp³-hybridized carbons (Fsp3) is 0.765. The minimum absolute atomic E-state index is 0.0185. The zero-order valence-electron chi connectivity index (χ0n) is 15.1. The van der Waals surface area contributed by atoms with Crippen LogP contribution in [0.1, 0.15) is 52.5 Å². The van der Waals surface area contributed by atoms with Gasteiger partial charge in [0.05, 0.1) is 24.5 Å². The van der Waals surface area contributed by atoms with Crippen molar-refractivity contribution in [3.8, 4) is 0 Å². The molecule has 1 aliphatic heterocycles. The van der Waals surface area contributed by atoms with E-state index in [2.05, 4.69) is 5.16 Å². The van der Waals surface area contributed by atoms with Gasteiger partial charge >= 0.3 is 0 Å². The van der Waals surface area contributed by atoms with Crippen molar-refractivity contribution in [2.75, 3.05) is 19.0 Å². The smallest absolute Gasteiger partial charge is 0.162 e. The second-order valence-corrected chi connectivity index (χ2v) is 10.6. The molecule has 7 heteroatoms. The van der Waals surface area contributed by atoms with E-state index in [4.69, 9.17) is 9.26 Å². The van der Waals surface area contributed by atoms with Crippen molar-refractivity contribution < 1.29 is 22.5 Å². The molecule has 0 amide bonds. The van der Waals surface area contributed by atoms with E-state index >= 15 is 0 Å². The molecule has 0 N–H and O–H groups in total. The molecule has 2 rings (SSSR count). The molecule has 136 valence electrons. The van der Waals surface area contributed by atoms with Gasteiger partial charge in [0.2, 0.25) is 0 Å². The molecule has 0 radical (unpaired) electrons. The third-order valence-corrected chi connectivity index (χ3v) is 7.28. The van der Waals surface area contributed by atoms with Crippen LogP contribution in [0, 0.1) is 5.92 Å². The average Bonchev–Trinajstić information content (AvgIpc) is 3.08. The van der Waals surface area contributed by atoms with Crippen LogP contribution < -0.4 is 0 Å². The Balaban J connectivity index is 2.10. The van der Waals surface area contributed by atoms with Crippen LogP contribution in [0.15, 0.2) is 10.6 Å². The van der Waals surface area contributed by atoms with Crippen molar-refractivity contribution in [3.05, 3.63) is 17.5 Å². The molecule has 1 aromatic heterocycles. The summed E-state index contributed by atoms with van der Waals surface area (Å²) < 4.78 is 34.4. The third-order valence-electron chi connectivity index (χ3n) is 4.59. The van der Waals surface area contributed by atoms with Crippen molar-refractivity contribution in [1.82, 2.24) is 5.16 Å². The highest BCUT2D eigenvalue weighted by Crippen LogP contribution is 2.27. The van der Waals surface area contributed by atoms with Crippen molar-refractivity contribution in [2.45, 2.75) is 57.6 Å². The summed E-state index contributed by atoms with van der Waals surface area (Å²) in [5, 5.41) is 3.97. The average molecular weight is 357 g/mol. The maximum Gasteiger partial charge on any atom is 0.162 e. The fourth-order valence-electron chi connectivity index (χ4n) is 2.53. The first kappa shape index (κ1) is 19.1. The molecule has 24 heavy (non-hydrogen) atoms. The Morgan fingerprint density at radius 1 is 1.29 bits per heavy atom. The van der Waals surface area contributed by atoms with Crippen LogP contribution in [0.5, 0.6) is 0 Å². The highest BCUT2D eigenvalue weighted by atomic mass is 32.2. The standard InChI is InChI=1S/C17H27NO5S/c1-16(2,3)14-8-13(23-18-14)9-15(19)17(4,5)24(20,21)11-12-6-7-22-10-12/h8,12H,6-7,9-11H2,1-5H3. The Morgan fingerprint density at radius 3 is 2.46 bits per heavy atom. The second kappa shape index (κ2) is 6.59. The molecule has 1 atom stereocenters. The highest BCUT2D eigenvalue weighted by Gasteiger charge is 2.43. The topological polar surface area (TPSA) is 86.5 Å². The number of ether oxygens (including phenoxy) is 1.